The van der Waals surface area contributed by atoms with Crippen LogP contribution in [0.2, 0.25) is 0 Å². The van der Waals surface area contributed by atoms with E-state index in [9.17, 15) is 5.11 Å². The highest BCUT2D eigenvalue weighted by molar-refractivity contribution is 5.84. The van der Waals surface area contributed by atoms with Crippen molar-refractivity contribution in [2.45, 2.75) is 63.8 Å². The quantitative estimate of drug-likeness (QED) is 0.358. The third-order valence-corrected chi connectivity index (χ3v) is 6.92. The summed E-state index contributed by atoms with van der Waals surface area (Å²) in [6.45, 7) is 5.61. The molecule has 1 saturated carbocycles. The second kappa shape index (κ2) is 8.82. The van der Waals surface area contributed by atoms with Crippen molar-refractivity contribution in [3.8, 4) is 5.82 Å². The van der Waals surface area contributed by atoms with Gasteiger partial charge in [-0.25, -0.2) is 14.6 Å². The smallest absolute Gasteiger partial charge is 0.229 e. The summed E-state index contributed by atoms with van der Waals surface area (Å²) in [4.78, 5) is 21.3. The summed E-state index contributed by atoms with van der Waals surface area (Å²) in [5.41, 5.74) is 8.27. The van der Waals surface area contributed by atoms with E-state index in [2.05, 4.69) is 29.9 Å². The largest absolute Gasteiger partial charge is 0.384 e. The van der Waals surface area contributed by atoms with E-state index in [1.807, 2.05) is 24.7 Å². The molecule has 0 radical (unpaired) electrons. The SMILES string of the molecule is CC(C)(O)c1ccn(-c2ncccc2CNc2nc(N3CCC(N)CC3)nc3c2ncn3C2CC2)n1. The van der Waals surface area contributed by atoms with E-state index in [-0.39, 0.29) is 6.04 Å². The predicted octanol–water partition coefficient (Wildman–Crippen LogP) is 2.51. The van der Waals surface area contributed by atoms with Crippen LogP contribution in [-0.2, 0) is 12.1 Å². The number of rotatable bonds is 7. The topological polar surface area (TPSA) is 136 Å². The molecule has 4 aromatic heterocycles. The molecule has 0 unspecified atom stereocenters. The molecule has 2 aliphatic rings. The zero-order valence-electron chi connectivity index (χ0n) is 20.7. The van der Waals surface area contributed by atoms with E-state index in [1.54, 1.807) is 30.8 Å². The third-order valence-electron chi connectivity index (χ3n) is 6.92. The average Bonchev–Trinajstić information content (AvgIpc) is 3.40. The lowest BCUT2D eigenvalue weighted by atomic mass is 10.1. The van der Waals surface area contributed by atoms with Gasteiger partial charge in [0.15, 0.2) is 22.8 Å². The van der Waals surface area contributed by atoms with Crippen LogP contribution in [0.3, 0.4) is 0 Å². The second-order valence-corrected chi connectivity index (χ2v) is 10.3. The molecule has 0 atom stereocenters. The summed E-state index contributed by atoms with van der Waals surface area (Å²) in [5, 5.41) is 18.4. The number of fused-ring (bicyclic) bond motifs is 1. The van der Waals surface area contributed by atoms with Crippen LogP contribution in [-0.4, -0.2) is 58.5 Å². The molecule has 1 aliphatic carbocycles. The monoisotopic (exact) mass is 488 g/mol. The van der Waals surface area contributed by atoms with Gasteiger partial charge in [0.1, 0.15) is 5.60 Å². The first-order valence-corrected chi connectivity index (χ1v) is 12.6. The maximum atomic E-state index is 10.3. The van der Waals surface area contributed by atoms with Gasteiger partial charge in [0, 0.05) is 49.7 Å². The van der Waals surface area contributed by atoms with Gasteiger partial charge in [0.05, 0.1) is 12.0 Å². The molecule has 6 rings (SSSR count). The van der Waals surface area contributed by atoms with Crippen molar-refractivity contribution in [3.63, 3.8) is 0 Å². The molecule has 36 heavy (non-hydrogen) atoms. The Balaban J connectivity index is 1.32. The molecular weight excluding hydrogens is 456 g/mol. The molecule has 11 nitrogen and oxygen atoms in total. The van der Waals surface area contributed by atoms with Crippen LogP contribution in [0.4, 0.5) is 11.8 Å². The number of hydrogen-bond acceptors (Lipinski definition) is 9. The Morgan fingerprint density at radius 3 is 2.64 bits per heavy atom. The van der Waals surface area contributed by atoms with Gasteiger partial charge in [-0.1, -0.05) is 6.07 Å². The van der Waals surface area contributed by atoms with Gasteiger partial charge in [-0.15, -0.1) is 0 Å². The van der Waals surface area contributed by atoms with E-state index < -0.39 is 5.60 Å². The maximum absolute atomic E-state index is 10.3. The van der Waals surface area contributed by atoms with Crippen molar-refractivity contribution < 1.29 is 5.11 Å². The highest BCUT2D eigenvalue weighted by atomic mass is 16.3. The Morgan fingerprint density at radius 1 is 1.11 bits per heavy atom. The molecule has 0 bridgehead atoms. The van der Waals surface area contributed by atoms with Gasteiger partial charge in [0.25, 0.3) is 0 Å². The predicted molar refractivity (Wildman–Crippen MR) is 137 cm³/mol. The van der Waals surface area contributed by atoms with E-state index in [1.165, 1.54) is 0 Å². The van der Waals surface area contributed by atoms with Crippen LogP contribution >= 0.6 is 0 Å². The van der Waals surface area contributed by atoms with Crippen molar-refractivity contribution in [3.05, 3.63) is 48.2 Å². The first-order valence-electron chi connectivity index (χ1n) is 12.6. The lowest BCUT2D eigenvalue weighted by molar-refractivity contribution is 0.0734. The molecule has 1 saturated heterocycles. The fourth-order valence-electron chi connectivity index (χ4n) is 4.61. The lowest BCUT2D eigenvalue weighted by Gasteiger charge is -2.30. The van der Waals surface area contributed by atoms with E-state index in [0.717, 1.165) is 55.5 Å². The number of anilines is 2. The number of aromatic nitrogens is 7. The zero-order chi connectivity index (χ0) is 24.9. The molecule has 5 heterocycles. The molecule has 0 spiro atoms. The van der Waals surface area contributed by atoms with Crippen molar-refractivity contribution >= 4 is 22.9 Å². The first kappa shape index (κ1) is 22.9. The van der Waals surface area contributed by atoms with Gasteiger partial charge in [-0.3, -0.25) is 0 Å². The number of nitrogens with two attached hydrogens (primary N) is 1. The number of hydrogen-bond donors (Lipinski definition) is 3. The number of pyridine rings is 1. The van der Waals surface area contributed by atoms with Gasteiger partial charge < -0.3 is 25.6 Å². The number of piperidine rings is 1. The summed E-state index contributed by atoms with van der Waals surface area (Å²) < 4.78 is 3.88. The van der Waals surface area contributed by atoms with Crippen LogP contribution in [0.15, 0.2) is 36.9 Å². The molecule has 188 valence electrons. The molecule has 0 amide bonds. The number of nitrogens with zero attached hydrogens (tertiary/aromatic N) is 8. The molecule has 4 aromatic rings. The van der Waals surface area contributed by atoms with Crippen molar-refractivity contribution in [2.75, 3.05) is 23.3 Å². The third kappa shape index (κ3) is 4.40. The van der Waals surface area contributed by atoms with E-state index in [4.69, 9.17) is 15.7 Å². The van der Waals surface area contributed by atoms with Gasteiger partial charge in [-0.2, -0.15) is 15.1 Å². The summed E-state index contributed by atoms with van der Waals surface area (Å²) in [7, 11) is 0. The average molecular weight is 489 g/mol. The molecule has 2 fully saturated rings. The zero-order valence-corrected chi connectivity index (χ0v) is 20.7. The lowest BCUT2D eigenvalue weighted by Crippen LogP contribution is -2.40. The Hall–Kier alpha value is -3.57. The highest BCUT2D eigenvalue weighted by Gasteiger charge is 2.28. The van der Waals surface area contributed by atoms with Crippen LogP contribution in [0.25, 0.3) is 17.0 Å². The van der Waals surface area contributed by atoms with Gasteiger partial charge >= 0.3 is 0 Å². The second-order valence-electron chi connectivity index (χ2n) is 10.3. The molecule has 11 heteroatoms. The van der Waals surface area contributed by atoms with Crippen molar-refractivity contribution in [1.82, 2.24) is 34.3 Å². The Labute approximate surface area is 209 Å². The normalized spacial score (nSPS) is 17.2. The van der Waals surface area contributed by atoms with Crippen LogP contribution in [0.1, 0.15) is 56.8 Å². The van der Waals surface area contributed by atoms with Crippen LogP contribution in [0.5, 0.6) is 0 Å². The minimum atomic E-state index is -1.03. The van der Waals surface area contributed by atoms with Crippen LogP contribution in [0, 0.1) is 0 Å². The van der Waals surface area contributed by atoms with Crippen LogP contribution < -0.4 is 16.0 Å². The Morgan fingerprint density at radius 2 is 1.92 bits per heavy atom. The summed E-state index contributed by atoms with van der Waals surface area (Å²) in [6.07, 6.45) is 9.62. The Kier molecular flexibility index (Phi) is 5.60. The molecule has 0 aromatic carbocycles. The highest BCUT2D eigenvalue weighted by Crippen LogP contribution is 2.38. The fraction of sp³-hybridized carbons (Fsp3) is 0.480. The molecule has 4 N–H and O–H groups in total. The standard InChI is InChI=1S/C25H32N10O/c1-25(2,36)19-9-13-35(32-19)22-16(4-3-10-27-22)14-28-21-20-23(34(15-29-20)18-5-6-18)31-24(30-21)33-11-7-17(26)8-12-33/h3-4,9-10,13,15,17-18,36H,5-8,11-12,14,26H2,1-2H3,(H,28,30,31). The van der Waals surface area contributed by atoms with E-state index >= 15 is 0 Å². The summed E-state index contributed by atoms with van der Waals surface area (Å²) >= 11 is 0. The minimum Gasteiger partial charge on any atom is -0.384 e. The molecular formula is C25H32N10O. The van der Waals surface area contributed by atoms with E-state index in [0.29, 0.717) is 35.9 Å². The fourth-order valence-corrected chi connectivity index (χ4v) is 4.61. The first-order chi connectivity index (χ1) is 17.4. The Bertz CT molecular complexity index is 1380. The van der Waals surface area contributed by atoms with Crippen molar-refractivity contribution in [2.24, 2.45) is 5.73 Å². The number of nitrogens with one attached hydrogen (secondary N) is 1. The molecule has 1 aliphatic heterocycles. The number of imidazole rings is 1. The maximum Gasteiger partial charge on any atom is 0.229 e. The van der Waals surface area contributed by atoms with Gasteiger partial charge in [-0.05, 0) is 51.7 Å². The van der Waals surface area contributed by atoms with Crippen molar-refractivity contribution in [1.29, 1.82) is 0 Å². The number of aliphatic hydroxyl groups is 1. The summed E-state index contributed by atoms with van der Waals surface area (Å²) in [6, 6.07) is 6.43. The summed E-state index contributed by atoms with van der Waals surface area (Å²) in [5.74, 6) is 2.11. The minimum absolute atomic E-state index is 0.239. The van der Waals surface area contributed by atoms with Gasteiger partial charge in [0.2, 0.25) is 5.95 Å².